The molecule has 0 radical (unpaired) electrons. The van der Waals surface area contributed by atoms with E-state index in [9.17, 15) is 8.60 Å². The monoisotopic (exact) mass is 435 g/mol. The lowest BCUT2D eigenvalue weighted by molar-refractivity contribution is 0.413. The molecule has 1 atom stereocenters. The molecular weight excluding hydrogens is 417 g/mol. The summed E-state index contributed by atoms with van der Waals surface area (Å²) in [5, 5.41) is 3.25. The summed E-state index contributed by atoms with van der Waals surface area (Å²) in [4.78, 5) is 12.6. The zero-order valence-corrected chi connectivity index (χ0v) is 17.4. The highest BCUT2D eigenvalue weighted by atomic mass is 35.5. The number of methoxy groups -OCH3 is 1. The molecule has 3 aromatic rings. The maximum Gasteiger partial charge on any atom is 0.135 e. The Balaban J connectivity index is 1.91. The Morgan fingerprint density at radius 3 is 2.72 bits per heavy atom. The standard InChI is InChI=1S/C19H19ClFN5O2S/c1-3-29(22,27)10-12-6-17(20)25-19(7-12)26-18-9-15(23-11-24-18)14-5-4-13(21)8-16(14)28-2/h4-9,11,22H,3,10H2,1-2H3,(H,23,24,25,26). The van der Waals surface area contributed by atoms with Crippen LogP contribution in [0.2, 0.25) is 5.15 Å². The summed E-state index contributed by atoms with van der Waals surface area (Å²) in [6, 6.07) is 9.11. The molecule has 152 valence electrons. The van der Waals surface area contributed by atoms with E-state index in [1.165, 1.54) is 25.6 Å². The molecule has 0 aliphatic heterocycles. The van der Waals surface area contributed by atoms with Crippen LogP contribution >= 0.6 is 11.6 Å². The fourth-order valence-corrected chi connectivity index (χ4v) is 3.79. The van der Waals surface area contributed by atoms with Gasteiger partial charge in [0.1, 0.15) is 34.7 Å². The predicted octanol–water partition coefficient (Wildman–Crippen LogP) is 4.65. The second kappa shape index (κ2) is 8.71. The van der Waals surface area contributed by atoms with Crippen LogP contribution in [-0.4, -0.2) is 32.0 Å². The normalized spacial score (nSPS) is 13.0. The Bertz CT molecular complexity index is 1140. The summed E-state index contributed by atoms with van der Waals surface area (Å²) >= 11 is 6.08. The zero-order chi connectivity index (χ0) is 21.0. The van der Waals surface area contributed by atoms with E-state index in [1.807, 2.05) is 0 Å². The zero-order valence-electron chi connectivity index (χ0n) is 15.8. The number of hydrogen-bond donors (Lipinski definition) is 2. The van der Waals surface area contributed by atoms with E-state index in [1.54, 1.807) is 31.2 Å². The number of anilines is 2. The number of benzene rings is 1. The van der Waals surface area contributed by atoms with Crippen LogP contribution in [0.25, 0.3) is 11.3 Å². The number of halogens is 2. The first-order valence-electron chi connectivity index (χ1n) is 8.63. The van der Waals surface area contributed by atoms with Crippen molar-refractivity contribution in [3.05, 3.63) is 59.3 Å². The number of ether oxygens (including phenoxy) is 1. The molecule has 0 saturated carbocycles. The third kappa shape index (κ3) is 5.39. The van der Waals surface area contributed by atoms with Crippen molar-refractivity contribution in [1.82, 2.24) is 15.0 Å². The van der Waals surface area contributed by atoms with Crippen molar-refractivity contribution in [3.8, 4) is 17.0 Å². The third-order valence-corrected chi connectivity index (χ3v) is 6.01. The van der Waals surface area contributed by atoms with Gasteiger partial charge in [-0.3, -0.25) is 4.78 Å². The van der Waals surface area contributed by atoms with Crippen LogP contribution in [0.3, 0.4) is 0 Å². The van der Waals surface area contributed by atoms with E-state index in [0.717, 1.165) is 0 Å². The molecule has 1 aromatic carbocycles. The molecule has 1 unspecified atom stereocenters. The minimum atomic E-state index is -2.72. The molecule has 0 aliphatic rings. The Hall–Kier alpha value is -2.78. The van der Waals surface area contributed by atoms with Crippen LogP contribution in [0.4, 0.5) is 16.0 Å². The molecule has 0 amide bonds. The fourth-order valence-electron chi connectivity index (χ4n) is 2.65. The summed E-state index contributed by atoms with van der Waals surface area (Å²) in [7, 11) is -1.26. The first kappa shape index (κ1) is 20.9. The molecule has 0 saturated heterocycles. The van der Waals surface area contributed by atoms with Gasteiger partial charge in [-0.15, -0.1) is 0 Å². The van der Waals surface area contributed by atoms with Gasteiger partial charge < -0.3 is 10.1 Å². The molecule has 7 nitrogen and oxygen atoms in total. The molecule has 2 aromatic heterocycles. The van der Waals surface area contributed by atoms with E-state index >= 15 is 0 Å². The lowest BCUT2D eigenvalue weighted by Crippen LogP contribution is -2.06. The molecule has 29 heavy (non-hydrogen) atoms. The molecule has 2 heterocycles. The average molecular weight is 436 g/mol. The van der Waals surface area contributed by atoms with Crippen LogP contribution in [0.1, 0.15) is 12.5 Å². The van der Waals surface area contributed by atoms with Crippen molar-refractivity contribution >= 4 is 33.0 Å². The van der Waals surface area contributed by atoms with E-state index in [-0.39, 0.29) is 16.7 Å². The number of hydrogen-bond acceptors (Lipinski definition) is 7. The summed E-state index contributed by atoms with van der Waals surface area (Å²) in [6.45, 7) is 1.71. The molecule has 2 N–H and O–H groups in total. The maximum atomic E-state index is 13.5. The van der Waals surface area contributed by atoms with Crippen molar-refractivity contribution < 1.29 is 13.3 Å². The number of nitrogens with zero attached hydrogens (tertiary/aromatic N) is 3. The van der Waals surface area contributed by atoms with Crippen LogP contribution in [-0.2, 0) is 15.5 Å². The first-order valence-corrected chi connectivity index (χ1v) is 10.9. The summed E-state index contributed by atoms with van der Waals surface area (Å²) in [6.07, 6.45) is 1.36. The molecule has 0 aliphatic carbocycles. The summed E-state index contributed by atoms with van der Waals surface area (Å²) in [5.74, 6) is 1.11. The molecule has 3 rings (SSSR count). The van der Waals surface area contributed by atoms with Gasteiger partial charge >= 0.3 is 0 Å². The minimum absolute atomic E-state index is 0.0855. The number of nitrogens with one attached hydrogen (secondary N) is 2. The highest BCUT2D eigenvalue weighted by molar-refractivity contribution is 7.91. The van der Waals surface area contributed by atoms with Crippen LogP contribution < -0.4 is 10.1 Å². The van der Waals surface area contributed by atoms with Gasteiger partial charge in [0.05, 0.1) is 18.6 Å². The van der Waals surface area contributed by atoms with Crippen molar-refractivity contribution in [3.63, 3.8) is 0 Å². The smallest absolute Gasteiger partial charge is 0.135 e. The Kier molecular flexibility index (Phi) is 6.29. The number of aromatic nitrogens is 3. The van der Waals surface area contributed by atoms with Gasteiger partial charge in [0.25, 0.3) is 0 Å². The largest absolute Gasteiger partial charge is 0.496 e. The topological polar surface area (TPSA) is 101 Å². The van der Waals surface area contributed by atoms with Gasteiger partial charge in [-0.1, -0.05) is 18.5 Å². The fraction of sp³-hybridized carbons (Fsp3) is 0.211. The number of rotatable bonds is 7. The molecule has 0 fully saturated rings. The van der Waals surface area contributed by atoms with Crippen molar-refractivity contribution in [2.24, 2.45) is 0 Å². The Labute approximate surface area is 173 Å². The summed E-state index contributed by atoms with van der Waals surface area (Å²) < 4.78 is 38.6. The van der Waals surface area contributed by atoms with E-state index in [4.69, 9.17) is 21.1 Å². The van der Waals surface area contributed by atoms with Crippen molar-refractivity contribution in [1.29, 1.82) is 4.78 Å². The Morgan fingerprint density at radius 1 is 1.21 bits per heavy atom. The minimum Gasteiger partial charge on any atom is -0.496 e. The van der Waals surface area contributed by atoms with Gasteiger partial charge in [-0.2, -0.15) is 0 Å². The molecule has 0 bridgehead atoms. The first-order chi connectivity index (χ1) is 13.8. The van der Waals surface area contributed by atoms with Crippen LogP contribution in [0.15, 0.2) is 42.7 Å². The second-order valence-corrected chi connectivity index (χ2v) is 9.06. The van der Waals surface area contributed by atoms with Crippen molar-refractivity contribution in [2.75, 3.05) is 18.2 Å². The number of pyridine rings is 1. The Morgan fingerprint density at radius 2 is 2.00 bits per heavy atom. The van der Waals surface area contributed by atoms with E-state index in [2.05, 4.69) is 20.3 Å². The van der Waals surface area contributed by atoms with Crippen LogP contribution in [0, 0.1) is 10.6 Å². The van der Waals surface area contributed by atoms with Gasteiger partial charge in [0.15, 0.2) is 0 Å². The van der Waals surface area contributed by atoms with E-state index < -0.39 is 15.5 Å². The second-order valence-electron chi connectivity index (χ2n) is 6.19. The van der Waals surface area contributed by atoms with Gasteiger partial charge in [0.2, 0.25) is 0 Å². The molecular formula is C19H19ClFN5O2S. The molecule has 0 spiro atoms. The summed E-state index contributed by atoms with van der Waals surface area (Å²) in [5.41, 5.74) is 1.78. The third-order valence-electron chi connectivity index (χ3n) is 4.08. The lowest BCUT2D eigenvalue weighted by Gasteiger charge is -2.11. The predicted molar refractivity (Wildman–Crippen MR) is 112 cm³/mol. The van der Waals surface area contributed by atoms with Gasteiger partial charge in [0, 0.05) is 33.2 Å². The maximum absolute atomic E-state index is 13.5. The van der Waals surface area contributed by atoms with Crippen LogP contribution in [0.5, 0.6) is 5.75 Å². The SMILES string of the molecule is CCS(=N)(=O)Cc1cc(Cl)nc(Nc2cc(-c3ccc(F)cc3OC)ncn2)c1. The van der Waals surface area contributed by atoms with Gasteiger partial charge in [-0.05, 0) is 29.8 Å². The highest BCUT2D eigenvalue weighted by Crippen LogP contribution is 2.30. The van der Waals surface area contributed by atoms with E-state index in [0.29, 0.717) is 34.2 Å². The molecule has 10 heteroatoms. The van der Waals surface area contributed by atoms with Crippen molar-refractivity contribution in [2.45, 2.75) is 12.7 Å². The average Bonchev–Trinajstić information content (AvgIpc) is 2.67. The van der Waals surface area contributed by atoms with Gasteiger partial charge in [-0.25, -0.2) is 23.6 Å². The lowest BCUT2D eigenvalue weighted by atomic mass is 10.1. The quantitative estimate of drug-likeness (QED) is 0.524. The highest BCUT2D eigenvalue weighted by Gasteiger charge is 2.12.